The van der Waals surface area contributed by atoms with Crippen molar-refractivity contribution in [2.24, 2.45) is 11.8 Å². The predicted molar refractivity (Wildman–Crippen MR) is 144 cm³/mol. The number of amides is 2. The molecule has 2 N–H and O–H groups in total. The lowest BCUT2D eigenvalue weighted by molar-refractivity contribution is -0.148. The van der Waals surface area contributed by atoms with Crippen molar-refractivity contribution in [2.45, 2.75) is 40.1 Å². The summed E-state index contributed by atoms with van der Waals surface area (Å²) in [6, 6.07) is 13.0. The number of thioether (sulfide) groups is 1. The van der Waals surface area contributed by atoms with Gasteiger partial charge >= 0.3 is 5.97 Å². The molecule has 0 aromatic heterocycles. The summed E-state index contributed by atoms with van der Waals surface area (Å²) in [6.07, 6.45) is 3.26. The van der Waals surface area contributed by atoms with E-state index < -0.39 is 28.6 Å². The Balaban J connectivity index is 1.58. The van der Waals surface area contributed by atoms with Crippen molar-refractivity contribution in [2.75, 3.05) is 24.6 Å². The number of unbranched alkanes of at least 4 members (excludes halogenated alkanes) is 1. The quantitative estimate of drug-likeness (QED) is 0.270. The summed E-state index contributed by atoms with van der Waals surface area (Å²) in [5, 5.41) is 21.2. The number of alkyl halides is 1. The Hall–Kier alpha value is -2.36. The van der Waals surface area contributed by atoms with Gasteiger partial charge in [0.05, 0.1) is 16.6 Å². The third-order valence-electron chi connectivity index (χ3n) is 7.74. The molecule has 3 aliphatic rings. The van der Waals surface area contributed by atoms with E-state index in [-0.39, 0.29) is 35.0 Å². The fourth-order valence-electron chi connectivity index (χ4n) is 6.27. The maximum absolute atomic E-state index is 14.4. The van der Waals surface area contributed by atoms with Gasteiger partial charge in [-0.05, 0) is 42.2 Å². The minimum atomic E-state index is -0.988. The Bertz CT molecular complexity index is 1220. The van der Waals surface area contributed by atoms with Crippen LogP contribution >= 0.6 is 27.7 Å². The molecule has 0 aliphatic carbocycles. The third kappa shape index (κ3) is 3.87. The number of carboxylic acids is 1. The summed E-state index contributed by atoms with van der Waals surface area (Å²) < 4.78 is -0.814. The number of hydrogen-bond donors (Lipinski definition) is 2. The largest absolute Gasteiger partial charge is 0.481 e. The first-order chi connectivity index (χ1) is 17.3. The van der Waals surface area contributed by atoms with Gasteiger partial charge in [-0.15, -0.1) is 18.3 Å². The maximum atomic E-state index is 14.4. The number of fused-ring (bicyclic) bond motifs is 2. The molecule has 6 atom stereocenters. The Morgan fingerprint density at radius 1 is 1.22 bits per heavy atom. The number of aliphatic hydroxyl groups excluding tert-OH is 1. The van der Waals surface area contributed by atoms with E-state index in [1.54, 1.807) is 15.9 Å². The van der Waals surface area contributed by atoms with Crippen LogP contribution in [-0.2, 0) is 14.4 Å². The molecule has 0 saturated carbocycles. The first kappa shape index (κ1) is 25.3. The van der Waals surface area contributed by atoms with E-state index in [1.165, 1.54) is 11.8 Å². The maximum Gasteiger partial charge on any atom is 0.308 e. The van der Waals surface area contributed by atoms with Gasteiger partial charge < -0.3 is 20.0 Å². The highest BCUT2D eigenvalue weighted by molar-refractivity contribution is 9.09. The number of carbonyl (C=O) groups is 3. The van der Waals surface area contributed by atoms with Crippen molar-refractivity contribution in [3.8, 4) is 0 Å². The molecule has 3 aliphatic heterocycles. The molecule has 0 radical (unpaired) electrons. The zero-order valence-electron chi connectivity index (χ0n) is 19.8. The zero-order valence-corrected chi connectivity index (χ0v) is 22.2. The summed E-state index contributed by atoms with van der Waals surface area (Å²) in [4.78, 5) is 43.7. The Morgan fingerprint density at radius 3 is 2.67 bits per heavy atom. The van der Waals surface area contributed by atoms with E-state index in [0.717, 1.165) is 10.8 Å². The van der Waals surface area contributed by atoms with Gasteiger partial charge in [-0.1, -0.05) is 52.3 Å². The minimum Gasteiger partial charge on any atom is -0.481 e. The SMILES string of the molecule is C=CCN(C(=O)C1N(CCCCO)C(=O)[C@@H]2[C@@H](C(=O)O)[C@@H]3SC12CC3Br)c1ccc2ccccc2c1. The molecule has 9 heteroatoms. The lowest BCUT2D eigenvalue weighted by Crippen LogP contribution is -2.55. The van der Waals surface area contributed by atoms with Crippen LogP contribution in [0.5, 0.6) is 0 Å². The Kier molecular flexibility index (Phi) is 6.91. The van der Waals surface area contributed by atoms with Gasteiger partial charge in [0.1, 0.15) is 6.04 Å². The molecule has 1 spiro atoms. The summed E-state index contributed by atoms with van der Waals surface area (Å²) in [5.74, 6) is -3.05. The highest BCUT2D eigenvalue weighted by Gasteiger charge is 2.76. The molecule has 3 saturated heterocycles. The van der Waals surface area contributed by atoms with E-state index in [2.05, 4.69) is 22.5 Å². The highest BCUT2D eigenvalue weighted by atomic mass is 79.9. The molecule has 190 valence electrons. The van der Waals surface area contributed by atoms with Gasteiger partial charge in [0.15, 0.2) is 0 Å². The summed E-state index contributed by atoms with van der Waals surface area (Å²) in [6.45, 7) is 4.42. The molecule has 2 amide bonds. The molecular weight excluding hydrogens is 544 g/mol. The van der Waals surface area contributed by atoms with E-state index in [4.69, 9.17) is 0 Å². The van der Waals surface area contributed by atoms with Crippen LogP contribution in [0.3, 0.4) is 0 Å². The highest BCUT2D eigenvalue weighted by Crippen LogP contribution is 2.67. The lowest BCUT2D eigenvalue weighted by atomic mass is 9.71. The van der Waals surface area contributed by atoms with Crippen LogP contribution < -0.4 is 4.90 Å². The van der Waals surface area contributed by atoms with Crippen molar-refractivity contribution in [1.29, 1.82) is 0 Å². The number of carbonyl (C=O) groups excluding carboxylic acids is 2. The van der Waals surface area contributed by atoms with Crippen LogP contribution in [0.25, 0.3) is 10.8 Å². The number of hydrogen-bond acceptors (Lipinski definition) is 5. The van der Waals surface area contributed by atoms with Crippen molar-refractivity contribution >= 4 is 61.9 Å². The van der Waals surface area contributed by atoms with Crippen LogP contribution in [0.2, 0.25) is 0 Å². The molecule has 2 bridgehead atoms. The summed E-state index contributed by atoms with van der Waals surface area (Å²) >= 11 is 5.16. The molecule has 3 unspecified atom stereocenters. The fraction of sp³-hybridized carbons (Fsp3) is 0.444. The van der Waals surface area contributed by atoms with Crippen LogP contribution in [0.15, 0.2) is 55.1 Å². The average Bonchev–Trinajstić information content (AvgIpc) is 3.45. The van der Waals surface area contributed by atoms with Crippen molar-refractivity contribution < 1.29 is 24.6 Å². The predicted octanol–water partition coefficient (Wildman–Crippen LogP) is 3.68. The number of anilines is 1. The van der Waals surface area contributed by atoms with Crippen LogP contribution in [-0.4, -0.2) is 73.5 Å². The molecule has 7 nitrogen and oxygen atoms in total. The Morgan fingerprint density at radius 2 is 1.97 bits per heavy atom. The van der Waals surface area contributed by atoms with E-state index in [0.29, 0.717) is 31.5 Å². The standard InChI is InChI=1S/C27H29BrN2O5S/c1-2-11-29(18-10-9-16-7-3-4-8-17(16)14-18)25(33)23-27-15-19(28)22(36-27)20(26(34)35)21(27)24(32)30(23)12-5-6-13-31/h2-4,7-10,14,19-23,31H,1,5-6,11-13,15H2,(H,34,35)/t19?,20-,21+,22-,23?,27?/m1/s1. The number of aliphatic hydroxyl groups is 1. The van der Waals surface area contributed by atoms with Crippen LogP contribution in [0, 0.1) is 11.8 Å². The smallest absolute Gasteiger partial charge is 0.308 e. The molecule has 36 heavy (non-hydrogen) atoms. The third-order valence-corrected chi connectivity index (χ3v) is 11.0. The number of likely N-dealkylation sites (tertiary alicyclic amines) is 1. The van der Waals surface area contributed by atoms with Gasteiger partial charge in [-0.25, -0.2) is 0 Å². The van der Waals surface area contributed by atoms with Gasteiger partial charge in [-0.2, -0.15) is 0 Å². The van der Waals surface area contributed by atoms with Crippen LogP contribution in [0.1, 0.15) is 19.3 Å². The molecule has 2 aromatic rings. The first-order valence-corrected chi connectivity index (χ1v) is 14.0. The number of aliphatic carboxylic acids is 1. The number of halogens is 1. The van der Waals surface area contributed by atoms with Gasteiger partial charge in [0.2, 0.25) is 5.91 Å². The topological polar surface area (TPSA) is 98.2 Å². The minimum absolute atomic E-state index is 0.00700. The average molecular weight is 574 g/mol. The molecule has 2 aromatic carbocycles. The number of nitrogens with zero attached hydrogens (tertiary/aromatic N) is 2. The second-order valence-electron chi connectivity index (χ2n) is 9.73. The number of benzene rings is 2. The van der Waals surface area contributed by atoms with Gasteiger partial charge in [0, 0.05) is 35.5 Å². The summed E-state index contributed by atoms with van der Waals surface area (Å²) in [7, 11) is 0. The molecule has 3 fully saturated rings. The van der Waals surface area contributed by atoms with Gasteiger partial charge in [0.25, 0.3) is 5.91 Å². The first-order valence-electron chi connectivity index (χ1n) is 12.2. The molecule has 5 rings (SSSR count). The fourth-order valence-corrected chi connectivity index (χ4v) is 9.87. The normalized spacial score (nSPS) is 30.6. The van der Waals surface area contributed by atoms with E-state index >= 15 is 0 Å². The van der Waals surface area contributed by atoms with Crippen molar-refractivity contribution in [3.63, 3.8) is 0 Å². The van der Waals surface area contributed by atoms with Crippen LogP contribution in [0.4, 0.5) is 5.69 Å². The monoisotopic (exact) mass is 572 g/mol. The number of carboxylic acid groups (broad SMARTS) is 1. The zero-order chi connectivity index (χ0) is 25.6. The van der Waals surface area contributed by atoms with Crippen molar-refractivity contribution in [1.82, 2.24) is 4.90 Å². The second-order valence-corrected chi connectivity index (χ2v) is 12.4. The van der Waals surface area contributed by atoms with Crippen molar-refractivity contribution in [3.05, 3.63) is 55.1 Å². The second kappa shape index (κ2) is 9.84. The van der Waals surface area contributed by atoms with E-state index in [1.807, 2.05) is 42.5 Å². The Labute approximate surface area is 222 Å². The lowest BCUT2D eigenvalue weighted by Gasteiger charge is -2.37. The molecular formula is C27H29BrN2O5S. The molecule has 3 heterocycles. The van der Waals surface area contributed by atoms with E-state index in [9.17, 15) is 24.6 Å². The number of rotatable bonds is 9. The summed E-state index contributed by atoms with van der Waals surface area (Å²) in [5.41, 5.74) is 0.712. The van der Waals surface area contributed by atoms with Gasteiger partial charge in [-0.3, -0.25) is 14.4 Å².